The van der Waals surface area contributed by atoms with E-state index < -0.39 is 0 Å². The Morgan fingerprint density at radius 2 is 2.27 bits per heavy atom. The molecule has 2 rings (SSSR count). The van der Waals surface area contributed by atoms with Crippen LogP contribution in [-0.4, -0.2) is 11.8 Å². The van der Waals surface area contributed by atoms with E-state index in [1.54, 1.807) is 11.1 Å². The molecule has 0 spiro atoms. The van der Waals surface area contributed by atoms with E-state index in [0.29, 0.717) is 0 Å². The molecule has 1 N–H and O–H groups in total. The number of fused-ring (bicyclic) bond motifs is 1. The zero-order chi connectivity index (χ0) is 10.7. The molecule has 82 valence electrons. The van der Waals surface area contributed by atoms with Gasteiger partial charge in [0.1, 0.15) is 0 Å². The van der Waals surface area contributed by atoms with Crippen LogP contribution in [0, 0.1) is 0 Å². The van der Waals surface area contributed by atoms with Crippen molar-refractivity contribution in [1.82, 2.24) is 5.32 Å². The summed E-state index contributed by atoms with van der Waals surface area (Å²) in [6, 6.07) is 6.74. The van der Waals surface area contributed by atoms with Crippen molar-refractivity contribution in [2.75, 3.05) is 6.54 Å². The minimum atomic E-state index is 0.725. The second kappa shape index (κ2) is 5.04. The fourth-order valence-corrected chi connectivity index (χ4v) is 2.79. The van der Waals surface area contributed by atoms with Crippen LogP contribution in [-0.2, 0) is 18.7 Å². The molecule has 1 aliphatic heterocycles. The number of hydrogen-bond acceptors (Lipinski definition) is 2. The summed E-state index contributed by atoms with van der Waals surface area (Å²) in [5.41, 5.74) is 4.65. The zero-order valence-corrected chi connectivity index (χ0v) is 10.4. The third kappa shape index (κ3) is 2.76. The number of nitrogens with one attached hydrogen (secondary N) is 1. The van der Waals surface area contributed by atoms with Gasteiger partial charge in [-0.2, -0.15) is 11.8 Å². The maximum atomic E-state index is 3.43. The molecule has 0 aromatic heterocycles. The van der Waals surface area contributed by atoms with Gasteiger partial charge in [-0.3, -0.25) is 0 Å². The van der Waals surface area contributed by atoms with Crippen LogP contribution in [0.15, 0.2) is 18.2 Å². The second-order valence-electron chi connectivity index (χ2n) is 4.34. The summed E-state index contributed by atoms with van der Waals surface area (Å²) in [5, 5.41) is 4.15. The van der Waals surface area contributed by atoms with Crippen molar-refractivity contribution in [2.24, 2.45) is 0 Å². The number of hydrogen-bond donors (Lipinski definition) is 1. The van der Waals surface area contributed by atoms with Gasteiger partial charge in [0.05, 0.1) is 0 Å². The molecule has 0 amide bonds. The smallest absolute Gasteiger partial charge is 0.0208 e. The van der Waals surface area contributed by atoms with Crippen molar-refractivity contribution in [2.45, 2.75) is 37.8 Å². The van der Waals surface area contributed by atoms with E-state index >= 15 is 0 Å². The predicted octanol–water partition coefficient (Wildman–Crippen LogP) is 2.97. The minimum Gasteiger partial charge on any atom is -0.312 e. The van der Waals surface area contributed by atoms with Crippen LogP contribution >= 0.6 is 11.8 Å². The Bertz CT molecular complexity index is 333. The van der Waals surface area contributed by atoms with Gasteiger partial charge in [0, 0.05) is 12.3 Å². The van der Waals surface area contributed by atoms with Gasteiger partial charge in [-0.25, -0.2) is 0 Å². The lowest BCUT2D eigenvalue weighted by Gasteiger charge is -2.20. The first-order valence-corrected chi connectivity index (χ1v) is 6.74. The molecule has 0 bridgehead atoms. The lowest BCUT2D eigenvalue weighted by Crippen LogP contribution is -2.24. The van der Waals surface area contributed by atoms with Crippen molar-refractivity contribution < 1.29 is 0 Å². The van der Waals surface area contributed by atoms with Crippen LogP contribution in [0.5, 0.6) is 0 Å². The first-order chi connectivity index (χ1) is 7.27. The largest absolute Gasteiger partial charge is 0.312 e. The van der Waals surface area contributed by atoms with Crippen LogP contribution in [0.2, 0.25) is 0 Å². The highest BCUT2D eigenvalue weighted by molar-refractivity contribution is 7.99. The molecule has 0 radical (unpaired) electrons. The molecule has 1 aliphatic rings. The van der Waals surface area contributed by atoms with Gasteiger partial charge < -0.3 is 5.32 Å². The van der Waals surface area contributed by atoms with Gasteiger partial charge in [0.15, 0.2) is 0 Å². The van der Waals surface area contributed by atoms with Gasteiger partial charge in [0.2, 0.25) is 0 Å². The van der Waals surface area contributed by atoms with Gasteiger partial charge >= 0.3 is 0 Å². The molecule has 1 aromatic carbocycles. The Morgan fingerprint density at radius 3 is 3.07 bits per heavy atom. The summed E-state index contributed by atoms with van der Waals surface area (Å²) >= 11 is 2.04. The Hall–Kier alpha value is -0.470. The molecule has 1 nitrogen and oxygen atoms in total. The van der Waals surface area contributed by atoms with Crippen LogP contribution in [0.4, 0.5) is 0 Å². The maximum absolute atomic E-state index is 3.43. The summed E-state index contributed by atoms with van der Waals surface area (Å²) in [7, 11) is 0. The standard InChI is InChI=1S/C13H19NS/c1-10(2)15-9-12-5-3-4-11-8-14-7-6-13(11)12/h3-5,10,14H,6-9H2,1-2H3. The lowest BCUT2D eigenvalue weighted by molar-refractivity contribution is 0.641. The van der Waals surface area contributed by atoms with Crippen LogP contribution in [0.3, 0.4) is 0 Å². The molecule has 0 saturated heterocycles. The Balaban J connectivity index is 2.16. The third-order valence-electron chi connectivity index (χ3n) is 2.81. The Kier molecular flexibility index (Phi) is 3.71. The molecule has 1 heterocycles. The fraction of sp³-hybridized carbons (Fsp3) is 0.538. The molecular formula is C13H19NS. The zero-order valence-electron chi connectivity index (χ0n) is 9.55. The molecule has 0 aliphatic carbocycles. The van der Waals surface area contributed by atoms with E-state index in [1.165, 1.54) is 17.7 Å². The van der Waals surface area contributed by atoms with Crippen LogP contribution in [0.1, 0.15) is 30.5 Å². The summed E-state index contributed by atoms with van der Waals surface area (Å²) in [6.45, 7) is 6.72. The van der Waals surface area contributed by atoms with Crippen LogP contribution in [0.25, 0.3) is 0 Å². The lowest BCUT2D eigenvalue weighted by atomic mass is 9.96. The topological polar surface area (TPSA) is 12.0 Å². The molecule has 15 heavy (non-hydrogen) atoms. The summed E-state index contributed by atoms with van der Waals surface area (Å²) < 4.78 is 0. The fourth-order valence-electron chi connectivity index (χ4n) is 2.00. The maximum Gasteiger partial charge on any atom is 0.0208 e. The summed E-state index contributed by atoms with van der Waals surface area (Å²) in [6.07, 6.45) is 1.20. The predicted molar refractivity (Wildman–Crippen MR) is 68.3 cm³/mol. The Morgan fingerprint density at radius 1 is 1.40 bits per heavy atom. The first kappa shape index (κ1) is 11.0. The average Bonchev–Trinajstić information content (AvgIpc) is 2.26. The molecule has 0 saturated carbocycles. The highest BCUT2D eigenvalue weighted by atomic mass is 32.2. The first-order valence-electron chi connectivity index (χ1n) is 5.69. The van der Waals surface area contributed by atoms with Crippen molar-refractivity contribution in [3.63, 3.8) is 0 Å². The third-order valence-corrected chi connectivity index (χ3v) is 3.95. The Labute approximate surface area is 96.7 Å². The van der Waals surface area contributed by atoms with Gasteiger partial charge in [-0.1, -0.05) is 32.0 Å². The molecular weight excluding hydrogens is 202 g/mol. The van der Waals surface area contributed by atoms with E-state index in [1.807, 2.05) is 11.8 Å². The van der Waals surface area contributed by atoms with Gasteiger partial charge in [0.25, 0.3) is 0 Å². The van der Waals surface area contributed by atoms with Gasteiger partial charge in [-0.15, -0.1) is 0 Å². The van der Waals surface area contributed by atoms with E-state index in [4.69, 9.17) is 0 Å². The SMILES string of the molecule is CC(C)SCc1cccc2c1CCNC2. The van der Waals surface area contributed by atoms with E-state index in [-0.39, 0.29) is 0 Å². The van der Waals surface area contributed by atoms with Crippen molar-refractivity contribution in [3.8, 4) is 0 Å². The van der Waals surface area contributed by atoms with Gasteiger partial charge in [-0.05, 0) is 34.9 Å². The number of rotatable bonds is 3. The summed E-state index contributed by atoms with van der Waals surface area (Å²) in [5.74, 6) is 1.17. The highest BCUT2D eigenvalue weighted by Crippen LogP contribution is 2.24. The minimum absolute atomic E-state index is 0.725. The normalized spacial score (nSPS) is 15.4. The molecule has 1 aromatic rings. The van der Waals surface area contributed by atoms with E-state index in [2.05, 4.69) is 37.4 Å². The monoisotopic (exact) mass is 221 g/mol. The number of thioether (sulfide) groups is 1. The van der Waals surface area contributed by atoms with Crippen LogP contribution < -0.4 is 5.32 Å². The molecule has 2 heteroatoms. The molecule has 0 atom stereocenters. The van der Waals surface area contributed by atoms with E-state index in [9.17, 15) is 0 Å². The quantitative estimate of drug-likeness (QED) is 0.842. The van der Waals surface area contributed by atoms with E-state index in [0.717, 1.165) is 18.3 Å². The average molecular weight is 221 g/mol. The van der Waals surface area contributed by atoms with Crippen molar-refractivity contribution in [3.05, 3.63) is 34.9 Å². The number of benzene rings is 1. The molecule has 0 unspecified atom stereocenters. The summed E-state index contributed by atoms with van der Waals surface area (Å²) in [4.78, 5) is 0. The van der Waals surface area contributed by atoms with Crippen molar-refractivity contribution >= 4 is 11.8 Å². The van der Waals surface area contributed by atoms with Crippen molar-refractivity contribution in [1.29, 1.82) is 0 Å². The second-order valence-corrected chi connectivity index (χ2v) is 5.91. The highest BCUT2D eigenvalue weighted by Gasteiger charge is 2.12. The molecule has 0 fully saturated rings.